The molecule has 15 aromatic rings. The molecule has 2 aromatic heterocycles. The second-order valence-corrected chi connectivity index (χ2v) is 19.1. The number of furan rings is 1. The normalized spacial score (nSPS) is 11.9. The van der Waals surface area contributed by atoms with Crippen LogP contribution < -0.4 is 0 Å². The van der Waals surface area contributed by atoms with Crippen LogP contribution in [-0.2, 0) is 0 Å². The van der Waals surface area contributed by atoms with Crippen LogP contribution in [0.3, 0.4) is 0 Å². The molecule has 0 atom stereocenters. The van der Waals surface area contributed by atoms with Gasteiger partial charge in [0, 0.05) is 32.8 Å². The number of hydrogen-bond acceptors (Lipinski definition) is 1. The van der Waals surface area contributed by atoms with Crippen molar-refractivity contribution in [1.29, 1.82) is 0 Å². The van der Waals surface area contributed by atoms with Crippen molar-refractivity contribution in [2.24, 2.45) is 0 Å². The Bertz CT molecular complexity index is 4660. The first-order chi connectivity index (χ1) is 35.7. The first-order valence-corrected chi connectivity index (χ1v) is 24.8. The Morgan fingerprint density at radius 2 is 0.708 bits per heavy atom. The molecule has 0 fully saturated rings. The van der Waals surface area contributed by atoms with Crippen LogP contribution >= 0.6 is 0 Å². The molecule has 0 unspecified atom stereocenters. The summed E-state index contributed by atoms with van der Waals surface area (Å²) in [6, 6.07) is 95.7. The van der Waals surface area contributed by atoms with Crippen molar-refractivity contribution in [3.05, 3.63) is 261 Å². The van der Waals surface area contributed by atoms with Gasteiger partial charge in [-0.3, -0.25) is 0 Å². The number of hydrogen-bond donors (Lipinski definition) is 0. The minimum absolute atomic E-state index is 0.905. The van der Waals surface area contributed by atoms with Crippen LogP contribution in [0.2, 0.25) is 0 Å². The fourth-order valence-electron chi connectivity index (χ4n) is 11.9. The number of aromatic nitrogens is 1. The largest absolute Gasteiger partial charge is 0.455 e. The smallest absolute Gasteiger partial charge is 0.143 e. The number of rotatable bonds is 6. The minimum atomic E-state index is 0.905. The fraction of sp³-hybridized carbons (Fsp3) is 0. The fourth-order valence-corrected chi connectivity index (χ4v) is 11.9. The Hall–Kier alpha value is -9.50. The van der Waals surface area contributed by atoms with Gasteiger partial charge >= 0.3 is 0 Å². The molecule has 0 aliphatic rings. The summed E-state index contributed by atoms with van der Waals surface area (Å²) in [7, 11) is 0. The maximum atomic E-state index is 6.55. The number of para-hydroxylation sites is 3. The first-order valence-electron chi connectivity index (χ1n) is 24.8. The third-order valence-corrected chi connectivity index (χ3v) is 15.2. The molecule has 334 valence electrons. The molecule has 0 bridgehead atoms. The highest BCUT2D eigenvalue weighted by Gasteiger charge is 2.21. The molecule has 0 aliphatic heterocycles. The first kappa shape index (κ1) is 40.4. The highest BCUT2D eigenvalue weighted by Crippen LogP contribution is 2.47. The van der Waals surface area contributed by atoms with Crippen molar-refractivity contribution < 1.29 is 4.42 Å². The minimum Gasteiger partial charge on any atom is -0.455 e. The van der Waals surface area contributed by atoms with E-state index in [0.717, 1.165) is 49.8 Å². The standard InChI is InChI=1S/C70H43NO/c1-3-18-52-44(14-1)16-11-24-54(52)46-30-34-48(35-31-46)68-59-22-5-6-23-60(59)69(49-36-32-47(33-37-49)55-25-12-17-45-15-2-4-19-53(45)55)64-43-51(39-40-61(64)68)71-65-28-9-7-20-57(65)63-42-50(38-41-66(63)71)56-26-13-27-62-58-21-8-10-29-67(58)72-70(56)62/h1-43H. The molecular weight excluding hydrogens is 871 g/mol. The van der Waals surface area contributed by atoms with Crippen molar-refractivity contribution in [3.63, 3.8) is 0 Å². The zero-order chi connectivity index (χ0) is 47.3. The van der Waals surface area contributed by atoms with Crippen LogP contribution in [0.5, 0.6) is 0 Å². The molecule has 0 spiro atoms. The second kappa shape index (κ2) is 16.0. The summed E-state index contributed by atoms with van der Waals surface area (Å²) < 4.78 is 9.01. The Morgan fingerprint density at radius 3 is 1.38 bits per heavy atom. The zero-order valence-corrected chi connectivity index (χ0v) is 39.2. The van der Waals surface area contributed by atoms with Gasteiger partial charge in [0.15, 0.2) is 0 Å². The highest BCUT2D eigenvalue weighted by molar-refractivity contribution is 6.22. The van der Waals surface area contributed by atoms with Crippen molar-refractivity contribution in [2.45, 2.75) is 0 Å². The molecule has 15 rings (SSSR count). The van der Waals surface area contributed by atoms with E-state index in [9.17, 15) is 0 Å². The SMILES string of the molecule is c1ccc2c(-c3ccc(-c4c5ccccc5c(-c5ccc(-c6cccc7ccccc67)cc5)c5cc(-n6c7ccccc7c7cc(-c8cccc9c8oc8ccccc89)ccc76)ccc45)cc3)cccc2c1. The lowest BCUT2D eigenvalue weighted by Gasteiger charge is -2.20. The quantitative estimate of drug-likeness (QED) is 0.152. The van der Waals surface area contributed by atoms with Gasteiger partial charge in [-0.25, -0.2) is 0 Å². The third-order valence-electron chi connectivity index (χ3n) is 15.2. The molecule has 0 amide bonds. The molecule has 13 aromatic carbocycles. The van der Waals surface area contributed by atoms with Gasteiger partial charge in [0.2, 0.25) is 0 Å². The van der Waals surface area contributed by atoms with Crippen LogP contribution in [0.15, 0.2) is 265 Å². The van der Waals surface area contributed by atoms with Crippen molar-refractivity contribution in [1.82, 2.24) is 4.57 Å². The van der Waals surface area contributed by atoms with Gasteiger partial charge in [-0.05, 0) is 130 Å². The van der Waals surface area contributed by atoms with Crippen LogP contribution in [0, 0.1) is 0 Å². The van der Waals surface area contributed by atoms with Gasteiger partial charge in [0.05, 0.1) is 11.0 Å². The Kier molecular flexibility index (Phi) is 8.99. The van der Waals surface area contributed by atoms with E-state index < -0.39 is 0 Å². The maximum absolute atomic E-state index is 6.55. The summed E-state index contributed by atoms with van der Waals surface area (Å²) in [4.78, 5) is 0. The summed E-state index contributed by atoms with van der Waals surface area (Å²) in [6.07, 6.45) is 0. The van der Waals surface area contributed by atoms with E-state index in [4.69, 9.17) is 4.42 Å². The van der Waals surface area contributed by atoms with Gasteiger partial charge in [0.25, 0.3) is 0 Å². The number of fused-ring (bicyclic) bond motifs is 10. The van der Waals surface area contributed by atoms with Crippen LogP contribution in [-0.4, -0.2) is 4.57 Å². The molecule has 0 saturated carbocycles. The predicted molar refractivity (Wildman–Crippen MR) is 305 cm³/mol. The molecule has 2 nitrogen and oxygen atoms in total. The average Bonchev–Trinajstić information content (AvgIpc) is 4.00. The second-order valence-electron chi connectivity index (χ2n) is 19.1. The lowest BCUT2D eigenvalue weighted by molar-refractivity contribution is 0.670. The van der Waals surface area contributed by atoms with E-state index in [2.05, 4.69) is 259 Å². The summed E-state index contributed by atoms with van der Waals surface area (Å²) in [5, 5.41) is 14.6. The Morgan fingerprint density at radius 1 is 0.250 bits per heavy atom. The molecule has 0 saturated heterocycles. The average molecular weight is 914 g/mol. The number of benzene rings is 13. The molecular formula is C70H43NO. The van der Waals surface area contributed by atoms with E-state index in [1.807, 2.05) is 6.07 Å². The lowest BCUT2D eigenvalue weighted by atomic mass is 9.85. The van der Waals surface area contributed by atoms with Gasteiger partial charge in [-0.15, -0.1) is 0 Å². The van der Waals surface area contributed by atoms with Gasteiger partial charge in [0.1, 0.15) is 11.2 Å². The van der Waals surface area contributed by atoms with Crippen molar-refractivity contribution >= 4 is 86.8 Å². The third kappa shape index (κ3) is 6.22. The summed E-state index contributed by atoms with van der Waals surface area (Å²) in [5.74, 6) is 0. The zero-order valence-electron chi connectivity index (χ0n) is 39.2. The molecule has 0 radical (unpaired) electrons. The molecule has 0 aliphatic carbocycles. The van der Waals surface area contributed by atoms with E-state index >= 15 is 0 Å². The van der Waals surface area contributed by atoms with Crippen LogP contribution in [0.25, 0.3) is 148 Å². The van der Waals surface area contributed by atoms with E-state index in [-0.39, 0.29) is 0 Å². The van der Waals surface area contributed by atoms with E-state index in [1.165, 1.54) is 98.4 Å². The molecule has 72 heavy (non-hydrogen) atoms. The molecule has 0 N–H and O–H groups in total. The van der Waals surface area contributed by atoms with Crippen LogP contribution in [0.4, 0.5) is 0 Å². The summed E-state index contributed by atoms with van der Waals surface area (Å²) in [6.45, 7) is 0. The van der Waals surface area contributed by atoms with Crippen LogP contribution in [0.1, 0.15) is 0 Å². The highest BCUT2D eigenvalue weighted by atomic mass is 16.3. The van der Waals surface area contributed by atoms with Gasteiger partial charge in [-0.2, -0.15) is 0 Å². The van der Waals surface area contributed by atoms with E-state index in [0.29, 0.717) is 0 Å². The Labute approximate surface area is 415 Å². The lowest BCUT2D eigenvalue weighted by Crippen LogP contribution is -1.96. The maximum Gasteiger partial charge on any atom is 0.143 e. The topological polar surface area (TPSA) is 18.1 Å². The molecule has 2 heterocycles. The summed E-state index contributed by atoms with van der Waals surface area (Å²) in [5.41, 5.74) is 17.2. The number of nitrogens with zero attached hydrogens (tertiary/aromatic N) is 1. The Balaban J connectivity index is 0.949. The van der Waals surface area contributed by atoms with Crippen molar-refractivity contribution in [3.8, 4) is 61.3 Å². The molecule has 2 heteroatoms. The summed E-state index contributed by atoms with van der Waals surface area (Å²) >= 11 is 0. The van der Waals surface area contributed by atoms with Gasteiger partial charge in [-0.1, -0.05) is 224 Å². The predicted octanol–water partition coefficient (Wildman–Crippen LogP) is 19.6. The van der Waals surface area contributed by atoms with Gasteiger partial charge < -0.3 is 8.98 Å². The van der Waals surface area contributed by atoms with Crippen molar-refractivity contribution in [2.75, 3.05) is 0 Å². The monoisotopic (exact) mass is 913 g/mol. The van der Waals surface area contributed by atoms with E-state index in [1.54, 1.807) is 0 Å².